The maximum absolute atomic E-state index is 12.3. The van der Waals surface area contributed by atoms with Gasteiger partial charge in [0.1, 0.15) is 6.54 Å². The summed E-state index contributed by atoms with van der Waals surface area (Å²) in [4.78, 5) is 35.1. The normalized spacial score (nSPS) is 9.76. The summed E-state index contributed by atoms with van der Waals surface area (Å²) in [6, 6.07) is 5.34. The van der Waals surface area contributed by atoms with E-state index in [1.54, 1.807) is 6.92 Å². The van der Waals surface area contributed by atoms with Gasteiger partial charge in [-0.05, 0) is 13.0 Å². The second-order valence-corrected chi connectivity index (χ2v) is 4.09. The van der Waals surface area contributed by atoms with Crippen LogP contribution in [0.15, 0.2) is 36.9 Å². The molecule has 1 amide bonds. The highest BCUT2D eigenvalue weighted by atomic mass is 16.6. The number of rotatable bonds is 7. The number of hydrogen-bond donors (Lipinski definition) is 0. The van der Waals surface area contributed by atoms with Crippen LogP contribution in [-0.2, 0) is 9.53 Å². The zero-order chi connectivity index (χ0) is 15.8. The summed E-state index contributed by atoms with van der Waals surface area (Å²) >= 11 is 0. The van der Waals surface area contributed by atoms with Crippen molar-refractivity contribution >= 4 is 17.6 Å². The van der Waals surface area contributed by atoms with E-state index < -0.39 is 16.8 Å². The predicted molar refractivity (Wildman–Crippen MR) is 75.8 cm³/mol. The molecule has 0 bridgehead atoms. The van der Waals surface area contributed by atoms with Crippen molar-refractivity contribution in [1.29, 1.82) is 0 Å². The lowest BCUT2D eigenvalue weighted by Crippen LogP contribution is -2.36. The van der Waals surface area contributed by atoms with E-state index in [0.29, 0.717) is 0 Å². The van der Waals surface area contributed by atoms with Gasteiger partial charge in [-0.2, -0.15) is 0 Å². The molecule has 0 heterocycles. The minimum atomic E-state index is -0.583. The molecule has 0 saturated carbocycles. The van der Waals surface area contributed by atoms with Gasteiger partial charge in [0.25, 0.3) is 11.6 Å². The molecule has 0 N–H and O–H groups in total. The number of non-ortho nitro benzene ring substituents is 1. The molecule has 0 aliphatic carbocycles. The summed E-state index contributed by atoms with van der Waals surface area (Å²) in [6.45, 7) is 5.30. The molecular weight excluding hydrogens is 276 g/mol. The van der Waals surface area contributed by atoms with Crippen molar-refractivity contribution in [1.82, 2.24) is 4.90 Å². The fraction of sp³-hybridized carbons (Fsp3) is 0.286. The maximum atomic E-state index is 12.3. The molecule has 0 aliphatic heterocycles. The lowest BCUT2D eigenvalue weighted by Gasteiger charge is -2.19. The summed E-state index contributed by atoms with van der Waals surface area (Å²) < 4.78 is 4.79. The number of carbonyl (C=O) groups is 2. The Kier molecular flexibility index (Phi) is 6.06. The minimum absolute atomic E-state index is 0.135. The highest BCUT2D eigenvalue weighted by molar-refractivity contribution is 5.96. The molecule has 0 atom stereocenters. The molecule has 21 heavy (non-hydrogen) atoms. The van der Waals surface area contributed by atoms with Gasteiger partial charge in [0.05, 0.1) is 11.5 Å². The standard InChI is InChI=1S/C14H16N2O5/c1-3-8-15(10-13(17)21-4-2)14(18)11-6-5-7-12(9-11)16(19)20/h3,5-7,9H,1,4,8,10H2,2H3. The van der Waals surface area contributed by atoms with Crippen LogP contribution in [0.3, 0.4) is 0 Å². The first-order valence-corrected chi connectivity index (χ1v) is 6.29. The number of amides is 1. The largest absolute Gasteiger partial charge is 0.465 e. The topological polar surface area (TPSA) is 89.8 Å². The summed E-state index contributed by atoms with van der Waals surface area (Å²) in [6.07, 6.45) is 1.47. The fourth-order valence-corrected chi connectivity index (χ4v) is 1.67. The van der Waals surface area contributed by atoms with Gasteiger partial charge in [0.15, 0.2) is 0 Å². The van der Waals surface area contributed by atoms with Gasteiger partial charge in [-0.1, -0.05) is 12.1 Å². The highest BCUT2D eigenvalue weighted by Gasteiger charge is 2.20. The maximum Gasteiger partial charge on any atom is 0.325 e. The monoisotopic (exact) mass is 292 g/mol. The predicted octanol–water partition coefficient (Wildman–Crippen LogP) is 1.79. The Balaban J connectivity index is 2.94. The molecule has 0 radical (unpaired) electrons. The molecule has 0 unspecified atom stereocenters. The van der Waals surface area contributed by atoms with Gasteiger partial charge < -0.3 is 9.64 Å². The van der Waals surface area contributed by atoms with Gasteiger partial charge in [-0.25, -0.2) is 0 Å². The van der Waals surface area contributed by atoms with Gasteiger partial charge in [-0.3, -0.25) is 19.7 Å². The number of esters is 1. The van der Waals surface area contributed by atoms with E-state index in [2.05, 4.69) is 6.58 Å². The number of nitro groups is 1. The van der Waals surface area contributed by atoms with Crippen molar-refractivity contribution < 1.29 is 19.2 Å². The van der Waals surface area contributed by atoms with E-state index in [-0.39, 0.29) is 30.9 Å². The lowest BCUT2D eigenvalue weighted by atomic mass is 10.1. The van der Waals surface area contributed by atoms with Gasteiger partial charge in [-0.15, -0.1) is 6.58 Å². The smallest absolute Gasteiger partial charge is 0.325 e. The molecule has 0 aliphatic rings. The van der Waals surface area contributed by atoms with Crippen molar-refractivity contribution in [3.05, 3.63) is 52.6 Å². The van der Waals surface area contributed by atoms with E-state index in [9.17, 15) is 19.7 Å². The van der Waals surface area contributed by atoms with Crippen LogP contribution in [-0.4, -0.2) is 41.4 Å². The summed E-state index contributed by atoms with van der Waals surface area (Å²) in [7, 11) is 0. The second-order valence-electron chi connectivity index (χ2n) is 4.09. The van der Waals surface area contributed by atoms with Crippen molar-refractivity contribution in [3.8, 4) is 0 Å². The fourth-order valence-electron chi connectivity index (χ4n) is 1.67. The Morgan fingerprint density at radius 2 is 2.19 bits per heavy atom. The third-order valence-electron chi connectivity index (χ3n) is 2.57. The van der Waals surface area contributed by atoms with E-state index in [1.165, 1.54) is 35.2 Å². The summed E-state index contributed by atoms with van der Waals surface area (Å²) in [5, 5.41) is 10.7. The summed E-state index contributed by atoms with van der Waals surface area (Å²) in [5.74, 6) is -1.04. The minimum Gasteiger partial charge on any atom is -0.465 e. The molecule has 0 fully saturated rings. The molecular formula is C14H16N2O5. The number of benzene rings is 1. The molecule has 0 saturated heterocycles. The van der Waals surface area contributed by atoms with Crippen molar-refractivity contribution in [2.75, 3.05) is 19.7 Å². The average Bonchev–Trinajstić information content (AvgIpc) is 2.46. The van der Waals surface area contributed by atoms with Crippen molar-refractivity contribution in [2.45, 2.75) is 6.92 Å². The molecule has 0 spiro atoms. The zero-order valence-electron chi connectivity index (χ0n) is 11.7. The van der Waals surface area contributed by atoms with E-state index in [0.717, 1.165) is 0 Å². The van der Waals surface area contributed by atoms with Crippen LogP contribution >= 0.6 is 0 Å². The molecule has 1 rings (SSSR count). The van der Waals surface area contributed by atoms with Crippen molar-refractivity contribution in [2.24, 2.45) is 0 Å². The Bertz CT molecular complexity index is 556. The van der Waals surface area contributed by atoms with Crippen molar-refractivity contribution in [3.63, 3.8) is 0 Å². The number of nitro benzene ring substituents is 1. The third-order valence-corrected chi connectivity index (χ3v) is 2.57. The SMILES string of the molecule is C=CCN(CC(=O)OCC)C(=O)c1cccc([N+](=O)[O-])c1. The van der Waals surface area contributed by atoms with Crippen LogP contribution in [0.5, 0.6) is 0 Å². The number of ether oxygens (including phenoxy) is 1. The van der Waals surface area contributed by atoms with Crippen LogP contribution in [0.25, 0.3) is 0 Å². The number of carbonyl (C=O) groups excluding carboxylic acids is 2. The van der Waals surface area contributed by atoms with E-state index in [1.807, 2.05) is 0 Å². The first-order valence-electron chi connectivity index (χ1n) is 6.29. The molecule has 1 aromatic carbocycles. The second kappa shape index (κ2) is 7.78. The Morgan fingerprint density at radius 3 is 2.76 bits per heavy atom. The van der Waals surface area contributed by atoms with Crippen LogP contribution < -0.4 is 0 Å². The first-order chi connectivity index (χ1) is 9.99. The Hall–Kier alpha value is -2.70. The molecule has 112 valence electrons. The summed E-state index contributed by atoms with van der Waals surface area (Å²) in [5.41, 5.74) is -0.0501. The van der Waals surface area contributed by atoms with Crippen LogP contribution in [0.1, 0.15) is 17.3 Å². The third kappa shape index (κ3) is 4.72. The molecule has 7 nitrogen and oxygen atoms in total. The van der Waals surface area contributed by atoms with Gasteiger partial charge >= 0.3 is 5.97 Å². The van der Waals surface area contributed by atoms with Crippen LogP contribution in [0, 0.1) is 10.1 Å². The Morgan fingerprint density at radius 1 is 1.48 bits per heavy atom. The Labute approximate surface area is 122 Å². The zero-order valence-corrected chi connectivity index (χ0v) is 11.7. The number of hydrogen-bond acceptors (Lipinski definition) is 5. The average molecular weight is 292 g/mol. The molecule has 7 heteroatoms. The first kappa shape index (κ1) is 16.4. The quantitative estimate of drug-likeness (QED) is 0.331. The van der Waals surface area contributed by atoms with E-state index >= 15 is 0 Å². The lowest BCUT2D eigenvalue weighted by molar-refractivity contribution is -0.384. The molecule has 0 aromatic heterocycles. The highest BCUT2D eigenvalue weighted by Crippen LogP contribution is 2.15. The number of nitrogens with zero attached hydrogens (tertiary/aromatic N) is 2. The van der Waals surface area contributed by atoms with Gasteiger partial charge in [0, 0.05) is 24.2 Å². The molecule has 1 aromatic rings. The van der Waals surface area contributed by atoms with Gasteiger partial charge in [0.2, 0.25) is 0 Å². The van der Waals surface area contributed by atoms with Crippen LogP contribution in [0.2, 0.25) is 0 Å². The van der Waals surface area contributed by atoms with Crippen LogP contribution in [0.4, 0.5) is 5.69 Å². The van der Waals surface area contributed by atoms with E-state index in [4.69, 9.17) is 4.74 Å².